The van der Waals surface area contributed by atoms with E-state index < -0.39 is 5.66 Å². The number of hydrogen-bond donors (Lipinski definition) is 2. The van der Waals surface area contributed by atoms with Crippen LogP contribution in [0.5, 0.6) is 0 Å². The highest BCUT2D eigenvalue weighted by molar-refractivity contribution is 7.12. The molecule has 0 radical (unpaired) electrons. The zero-order valence-electron chi connectivity index (χ0n) is 13.4. The number of aliphatic imine (C=N–C) groups is 1. The number of nitrogens with one attached hydrogen (secondary N) is 1. The molecule has 2 aromatic rings. The second-order valence-electron chi connectivity index (χ2n) is 6.09. The summed E-state index contributed by atoms with van der Waals surface area (Å²) in [4.78, 5) is 19.8. The predicted octanol–water partition coefficient (Wildman–Crippen LogP) is 3.59. The Morgan fingerprint density at radius 1 is 1.28 bits per heavy atom. The van der Waals surface area contributed by atoms with Crippen molar-refractivity contribution >= 4 is 52.8 Å². The molecule has 2 aliphatic heterocycles. The lowest BCUT2D eigenvalue weighted by atomic mass is 9.93. The van der Waals surface area contributed by atoms with Crippen molar-refractivity contribution in [1.82, 2.24) is 4.90 Å². The van der Waals surface area contributed by atoms with Gasteiger partial charge in [0, 0.05) is 31.6 Å². The summed E-state index contributed by atoms with van der Waals surface area (Å²) in [6.45, 7) is 1.30. The van der Waals surface area contributed by atoms with Gasteiger partial charge in [0.05, 0.1) is 15.5 Å². The molecule has 1 spiro atoms. The van der Waals surface area contributed by atoms with E-state index >= 15 is 0 Å². The number of nitrogens with two attached hydrogens (primary N) is 1. The molecule has 8 heteroatoms. The summed E-state index contributed by atoms with van der Waals surface area (Å²) in [5.74, 6) is 0.559. The highest BCUT2D eigenvalue weighted by atomic mass is 35.5. The summed E-state index contributed by atoms with van der Waals surface area (Å²) < 4.78 is 0. The van der Waals surface area contributed by atoms with Crippen molar-refractivity contribution in [1.29, 1.82) is 0 Å². The molecular weight excluding hydrogens is 379 g/mol. The zero-order valence-corrected chi connectivity index (χ0v) is 15.8. The average Bonchev–Trinajstić information content (AvgIpc) is 3.09. The van der Waals surface area contributed by atoms with Gasteiger partial charge in [-0.2, -0.15) is 0 Å². The summed E-state index contributed by atoms with van der Waals surface area (Å²) in [6, 6.07) is 9.44. The maximum absolute atomic E-state index is 12.5. The molecule has 0 bridgehead atoms. The van der Waals surface area contributed by atoms with Gasteiger partial charge in [-0.1, -0.05) is 23.7 Å². The number of likely N-dealkylation sites (tertiary alicyclic amines) is 1. The van der Waals surface area contributed by atoms with Gasteiger partial charge < -0.3 is 16.0 Å². The second-order valence-corrected chi connectivity index (χ2v) is 7.44. The summed E-state index contributed by atoms with van der Waals surface area (Å²) in [6.07, 6.45) is 1.44. The van der Waals surface area contributed by atoms with Gasteiger partial charge in [-0.3, -0.25) is 4.79 Å². The SMILES string of the molecule is Cl.NC1=NC2(CCN(C(=O)c3cccs3)CC2)Nc2cccc(Cl)c21. The van der Waals surface area contributed by atoms with Gasteiger partial charge in [-0.25, -0.2) is 4.99 Å². The van der Waals surface area contributed by atoms with Crippen LogP contribution in [0.3, 0.4) is 0 Å². The third-order valence-electron chi connectivity index (χ3n) is 4.58. The molecule has 132 valence electrons. The van der Waals surface area contributed by atoms with E-state index in [9.17, 15) is 4.79 Å². The van der Waals surface area contributed by atoms with Crippen molar-refractivity contribution < 1.29 is 4.79 Å². The van der Waals surface area contributed by atoms with E-state index in [0.717, 1.165) is 29.0 Å². The zero-order chi connectivity index (χ0) is 16.7. The number of rotatable bonds is 1. The molecule has 25 heavy (non-hydrogen) atoms. The largest absolute Gasteiger partial charge is 0.383 e. The van der Waals surface area contributed by atoms with Crippen molar-refractivity contribution in [3.8, 4) is 0 Å². The summed E-state index contributed by atoms with van der Waals surface area (Å²) in [5.41, 5.74) is 7.40. The van der Waals surface area contributed by atoms with Crippen LogP contribution in [0.4, 0.5) is 5.69 Å². The van der Waals surface area contributed by atoms with Gasteiger partial charge in [0.25, 0.3) is 5.91 Å². The number of amides is 1. The van der Waals surface area contributed by atoms with Crippen molar-refractivity contribution in [3.63, 3.8) is 0 Å². The van der Waals surface area contributed by atoms with E-state index in [2.05, 4.69) is 5.32 Å². The number of nitrogens with zero attached hydrogens (tertiary/aromatic N) is 2. The summed E-state index contributed by atoms with van der Waals surface area (Å²) in [5, 5.41) is 6.01. The Labute approximate surface area is 161 Å². The standard InChI is InChI=1S/C17H17ClN4OS.ClH/c18-11-3-1-4-12-14(11)15(19)21-17(20-12)6-8-22(9-7-17)16(23)13-5-2-10-24-13;/h1-5,10,20H,6-9H2,(H2,19,21);1H. The number of halogens is 2. The smallest absolute Gasteiger partial charge is 0.263 e. The molecule has 3 N–H and O–H groups in total. The maximum atomic E-state index is 12.5. The lowest BCUT2D eigenvalue weighted by Crippen LogP contribution is -2.52. The Morgan fingerprint density at radius 2 is 2.04 bits per heavy atom. The highest BCUT2D eigenvalue weighted by Crippen LogP contribution is 2.36. The molecule has 1 aromatic carbocycles. The van der Waals surface area contributed by atoms with Crippen LogP contribution in [0.2, 0.25) is 5.02 Å². The van der Waals surface area contributed by atoms with Crippen molar-refractivity contribution in [2.24, 2.45) is 10.7 Å². The number of hydrogen-bond acceptors (Lipinski definition) is 5. The lowest BCUT2D eigenvalue weighted by Gasteiger charge is -2.42. The van der Waals surface area contributed by atoms with E-state index in [1.807, 2.05) is 40.6 Å². The normalized spacial score (nSPS) is 18.0. The minimum Gasteiger partial charge on any atom is -0.383 e. The van der Waals surface area contributed by atoms with E-state index in [4.69, 9.17) is 22.3 Å². The molecule has 0 saturated carbocycles. The summed E-state index contributed by atoms with van der Waals surface area (Å²) in [7, 11) is 0. The first-order chi connectivity index (χ1) is 11.6. The maximum Gasteiger partial charge on any atom is 0.263 e. The molecule has 0 unspecified atom stereocenters. The van der Waals surface area contributed by atoms with Crippen LogP contribution < -0.4 is 11.1 Å². The fraction of sp³-hybridized carbons (Fsp3) is 0.294. The number of fused-ring (bicyclic) bond motifs is 1. The van der Waals surface area contributed by atoms with E-state index in [0.29, 0.717) is 23.9 Å². The van der Waals surface area contributed by atoms with Crippen molar-refractivity contribution in [2.45, 2.75) is 18.5 Å². The number of carbonyl (C=O) groups excluding carboxylic acids is 1. The molecule has 1 saturated heterocycles. The number of thiophene rings is 1. The first-order valence-electron chi connectivity index (χ1n) is 7.83. The van der Waals surface area contributed by atoms with Crippen LogP contribution in [0.25, 0.3) is 0 Å². The lowest BCUT2D eigenvalue weighted by molar-refractivity contribution is 0.0690. The predicted molar refractivity (Wildman–Crippen MR) is 105 cm³/mol. The molecule has 0 atom stereocenters. The van der Waals surface area contributed by atoms with Gasteiger partial charge in [-0.15, -0.1) is 23.7 Å². The fourth-order valence-electron chi connectivity index (χ4n) is 3.33. The quantitative estimate of drug-likeness (QED) is 0.773. The fourth-order valence-corrected chi connectivity index (χ4v) is 4.29. The number of piperidine rings is 1. The third-order valence-corrected chi connectivity index (χ3v) is 5.75. The van der Waals surface area contributed by atoms with E-state index in [1.165, 1.54) is 11.3 Å². The Kier molecular flexibility index (Phi) is 4.95. The minimum absolute atomic E-state index is 0. The average molecular weight is 397 g/mol. The number of carbonyl (C=O) groups is 1. The van der Waals surface area contributed by atoms with Crippen LogP contribution in [0.15, 0.2) is 40.7 Å². The minimum atomic E-state index is -0.450. The molecular formula is C17H18Cl2N4OS. The van der Waals surface area contributed by atoms with Gasteiger partial charge in [-0.05, 0) is 23.6 Å². The Bertz CT molecular complexity index is 814. The Morgan fingerprint density at radius 3 is 2.72 bits per heavy atom. The summed E-state index contributed by atoms with van der Waals surface area (Å²) >= 11 is 7.71. The van der Waals surface area contributed by atoms with Crippen LogP contribution in [-0.4, -0.2) is 35.4 Å². The Balaban J connectivity index is 0.00000182. The van der Waals surface area contributed by atoms with Crippen LogP contribution in [-0.2, 0) is 0 Å². The third kappa shape index (κ3) is 3.21. The molecule has 1 amide bonds. The topological polar surface area (TPSA) is 70.7 Å². The van der Waals surface area contributed by atoms with Crippen LogP contribution >= 0.6 is 35.3 Å². The Hall–Kier alpha value is -1.76. The van der Waals surface area contributed by atoms with Crippen molar-refractivity contribution in [2.75, 3.05) is 18.4 Å². The molecule has 1 fully saturated rings. The number of anilines is 1. The molecule has 0 aliphatic carbocycles. The van der Waals surface area contributed by atoms with Crippen LogP contribution in [0.1, 0.15) is 28.1 Å². The highest BCUT2D eigenvalue weighted by Gasteiger charge is 2.39. The molecule has 2 aliphatic rings. The first-order valence-corrected chi connectivity index (χ1v) is 9.09. The second kappa shape index (κ2) is 6.86. The van der Waals surface area contributed by atoms with E-state index in [1.54, 1.807) is 0 Å². The molecule has 3 heterocycles. The monoisotopic (exact) mass is 396 g/mol. The van der Waals surface area contributed by atoms with E-state index in [-0.39, 0.29) is 18.3 Å². The van der Waals surface area contributed by atoms with Gasteiger partial charge in [0.2, 0.25) is 0 Å². The molecule has 4 rings (SSSR count). The van der Waals surface area contributed by atoms with Gasteiger partial charge >= 0.3 is 0 Å². The number of amidine groups is 1. The van der Waals surface area contributed by atoms with Crippen molar-refractivity contribution in [3.05, 3.63) is 51.2 Å². The first kappa shape index (κ1) is 18.0. The molecule has 5 nitrogen and oxygen atoms in total. The molecule has 1 aromatic heterocycles. The number of benzene rings is 1. The van der Waals surface area contributed by atoms with Gasteiger partial charge in [0.15, 0.2) is 0 Å². The van der Waals surface area contributed by atoms with Crippen LogP contribution in [0, 0.1) is 0 Å². The van der Waals surface area contributed by atoms with Gasteiger partial charge in [0.1, 0.15) is 11.5 Å².